The summed E-state index contributed by atoms with van der Waals surface area (Å²) in [6.45, 7) is 5.24. The van der Waals surface area contributed by atoms with Gasteiger partial charge < -0.3 is 0 Å². The fourth-order valence-electron chi connectivity index (χ4n) is 1.72. The minimum absolute atomic E-state index is 0.141. The Kier molecular flexibility index (Phi) is 2.67. The van der Waals surface area contributed by atoms with Crippen LogP contribution in [0.3, 0.4) is 0 Å². The number of rotatable bonds is 1. The van der Waals surface area contributed by atoms with E-state index in [4.69, 9.17) is 11.6 Å². The van der Waals surface area contributed by atoms with E-state index >= 15 is 0 Å². The number of hydrogen-bond acceptors (Lipinski definition) is 4. The summed E-state index contributed by atoms with van der Waals surface area (Å²) in [4.78, 5) is 4.40. The van der Waals surface area contributed by atoms with E-state index in [2.05, 4.69) is 10.1 Å². The van der Waals surface area contributed by atoms with Crippen molar-refractivity contribution < 1.29 is 8.42 Å². The maximum atomic E-state index is 11.7. The first-order valence-electron chi connectivity index (χ1n) is 4.95. The Morgan fingerprint density at radius 2 is 1.76 bits per heavy atom. The molecular weight excluding hydrogens is 262 g/mol. The minimum atomic E-state index is -3.37. The highest BCUT2D eigenvalue weighted by Crippen LogP contribution is 2.25. The van der Waals surface area contributed by atoms with Gasteiger partial charge in [-0.3, -0.25) is 0 Å². The molecule has 92 valence electrons. The molecule has 5 nitrogen and oxygen atoms in total. The molecule has 0 aromatic carbocycles. The smallest absolute Gasteiger partial charge is 0.181 e. The van der Waals surface area contributed by atoms with Crippen LogP contribution in [0.4, 0.5) is 0 Å². The van der Waals surface area contributed by atoms with Crippen molar-refractivity contribution in [2.75, 3.05) is 6.26 Å². The van der Waals surface area contributed by atoms with E-state index in [-0.39, 0.29) is 10.5 Å². The molecule has 0 radical (unpaired) electrons. The summed E-state index contributed by atoms with van der Waals surface area (Å²) in [6.07, 6.45) is 1.14. The van der Waals surface area contributed by atoms with Crippen LogP contribution in [0.5, 0.6) is 0 Å². The molecule has 0 atom stereocenters. The molecule has 0 spiro atoms. The fraction of sp³-hybridized carbons (Fsp3) is 0.400. The van der Waals surface area contributed by atoms with Crippen LogP contribution in [0.25, 0.3) is 5.65 Å². The van der Waals surface area contributed by atoms with Gasteiger partial charge in [0.1, 0.15) is 10.0 Å². The van der Waals surface area contributed by atoms with E-state index in [1.165, 1.54) is 4.52 Å². The molecule has 0 amide bonds. The van der Waals surface area contributed by atoms with E-state index < -0.39 is 9.84 Å². The van der Waals surface area contributed by atoms with E-state index in [0.717, 1.165) is 11.8 Å². The van der Waals surface area contributed by atoms with E-state index in [9.17, 15) is 8.42 Å². The van der Waals surface area contributed by atoms with Crippen molar-refractivity contribution in [1.82, 2.24) is 14.6 Å². The Bertz CT molecular complexity index is 719. The maximum absolute atomic E-state index is 11.7. The monoisotopic (exact) mass is 273 g/mol. The molecule has 0 saturated carbocycles. The highest BCUT2D eigenvalue weighted by atomic mass is 35.5. The second-order valence-electron chi connectivity index (χ2n) is 4.04. The molecule has 0 unspecified atom stereocenters. The fourth-order valence-corrected chi connectivity index (χ4v) is 3.02. The van der Waals surface area contributed by atoms with Gasteiger partial charge in [-0.25, -0.2) is 17.9 Å². The largest absolute Gasteiger partial charge is 0.232 e. The van der Waals surface area contributed by atoms with Crippen LogP contribution in [-0.4, -0.2) is 29.3 Å². The summed E-state index contributed by atoms with van der Waals surface area (Å²) in [6, 6.07) is 0. The van der Waals surface area contributed by atoms with Crippen LogP contribution in [0.2, 0.25) is 5.15 Å². The second kappa shape index (κ2) is 3.68. The van der Waals surface area contributed by atoms with Gasteiger partial charge in [0.05, 0.1) is 5.69 Å². The van der Waals surface area contributed by atoms with Crippen molar-refractivity contribution in [3.05, 3.63) is 22.1 Å². The number of fused-ring (bicyclic) bond motifs is 1. The van der Waals surface area contributed by atoms with Crippen LogP contribution in [-0.2, 0) is 9.84 Å². The normalized spacial score (nSPS) is 12.3. The minimum Gasteiger partial charge on any atom is -0.232 e. The molecule has 0 aliphatic rings. The lowest BCUT2D eigenvalue weighted by Gasteiger charge is -2.04. The molecule has 0 saturated heterocycles. The molecule has 0 fully saturated rings. The topological polar surface area (TPSA) is 64.3 Å². The summed E-state index contributed by atoms with van der Waals surface area (Å²) in [5, 5.41) is 4.52. The van der Waals surface area contributed by atoms with Gasteiger partial charge in [0.2, 0.25) is 0 Å². The van der Waals surface area contributed by atoms with Crippen LogP contribution in [0.1, 0.15) is 17.0 Å². The van der Waals surface area contributed by atoms with Crippen LogP contribution >= 0.6 is 11.6 Å². The first kappa shape index (κ1) is 12.3. The Balaban J connectivity index is 3.04. The van der Waals surface area contributed by atoms with E-state index in [1.54, 1.807) is 13.8 Å². The van der Waals surface area contributed by atoms with Crippen molar-refractivity contribution in [2.45, 2.75) is 25.7 Å². The van der Waals surface area contributed by atoms with Crippen molar-refractivity contribution >= 4 is 27.1 Å². The second-order valence-corrected chi connectivity index (χ2v) is 6.35. The number of aromatic nitrogens is 3. The molecule has 2 aromatic rings. The number of aryl methyl sites for hydroxylation is 2. The lowest BCUT2D eigenvalue weighted by molar-refractivity contribution is 0.602. The number of sulfone groups is 1. The molecule has 0 aliphatic heterocycles. The molecule has 2 aromatic heterocycles. The summed E-state index contributed by atoms with van der Waals surface area (Å²) >= 11 is 6.13. The lowest BCUT2D eigenvalue weighted by atomic mass is 10.3. The zero-order valence-electron chi connectivity index (χ0n) is 9.94. The van der Waals surface area contributed by atoms with Gasteiger partial charge in [-0.1, -0.05) is 11.6 Å². The molecule has 0 N–H and O–H groups in total. The lowest BCUT2D eigenvalue weighted by Crippen LogP contribution is -2.02. The third-order valence-corrected chi connectivity index (χ3v) is 4.33. The summed E-state index contributed by atoms with van der Waals surface area (Å²) in [5.41, 5.74) is 2.19. The van der Waals surface area contributed by atoms with E-state index in [0.29, 0.717) is 16.5 Å². The van der Waals surface area contributed by atoms with Gasteiger partial charge >= 0.3 is 0 Å². The van der Waals surface area contributed by atoms with Crippen LogP contribution < -0.4 is 0 Å². The van der Waals surface area contributed by atoms with E-state index in [1.807, 2.05) is 6.92 Å². The van der Waals surface area contributed by atoms with Crippen molar-refractivity contribution in [3.8, 4) is 0 Å². The van der Waals surface area contributed by atoms with Crippen molar-refractivity contribution in [2.24, 2.45) is 0 Å². The van der Waals surface area contributed by atoms with Crippen LogP contribution in [0, 0.1) is 20.8 Å². The Hall–Kier alpha value is -1.14. The Morgan fingerprint density at radius 3 is 2.29 bits per heavy atom. The molecule has 2 heterocycles. The molecule has 0 aliphatic carbocycles. The first-order valence-corrected chi connectivity index (χ1v) is 7.22. The average Bonchev–Trinajstić information content (AvgIpc) is 2.51. The molecule has 17 heavy (non-hydrogen) atoms. The third kappa shape index (κ3) is 1.81. The molecule has 0 bridgehead atoms. The van der Waals surface area contributed by atoms with Crippen LogP contribution in [0.15, 0.2) is 4.90 Å². The van der Waals surface area contributed by atoms with Crippen molar-refractivity contribution in [3.63, 3.8) is 0 Å². The SMILES string of the molecule is Cc1nc2c(S(C)(=O)=O)c(C)nn2c(Cl)c1C. The van der Waals surface area contributed by atoms with Gasteiger partial charge in [-0.15, -0.1) is 0 Å². The average molecular weight is 274 g/mol. The highest BCUT2D eigenvalue weighted by Gasteiger charge is 2.22. The third-order valence-electron chi connectivity index (χ3n) is 2.66. The number of nitrogens with zero attached hydrogens (tertiary/aromatic N) is 3. The molecular formula is C10H12ClN3O2S. The zero-order valence-corrected chi connectivity index (χ0v) is 11.5. The summed E-state index contributed by atoms with van der Waals surface area (Å²) in [5.74, 6) is 0. The number of hydrogen-bond donors (Lipinski definition) is 0. The highest BCUT2D eigenvalue weighted by molar-refractivity contribution is 7.91. The zero-order chi connectivity index (χ0) is 13.0. The van der Waals surface area contributed by atoms with Gasteiger partial charge in [0, 0.05) is 17.5 Å². The predicted molar refractivity (Wildman–Crippen MR) is 65.3 cm³/mol. The predicted octanol–water partition coefficient (Wildman–Crippen LogP) is 1.71. The first-order chi connectivity index (χ1) is 7.73. The number of halogens is 1. The van der Waals surface area contributed by atoms with Gasteiger partial charge in [-0.05, 0) is 20.8 Å². The van der Waals surface area contributed by atoms with Gasteiger partial charge in [0.15, 0.2) is 15.5 Å². The van der Waals surface area contributed by atoms with Crippen molar-refractivity contribution in [1.29, 1.82) is 0 Å². The van der Waals surface area contributed by atoms with Gasteiger partial charge in [0.25, 0.3) is 0 Å². The Labute approximate surface area is 104 Å². The maximum Gasteiger partial charge on any atom is 0.181 e. The van der Waals surface area contributed by atoms with Gasteiger partial charge in [-0.2, -0.15) is 5.10 Å². The standard InChI is InChI=1S/C10H12ClN3O2S/c1-5-6(2)12-10-8(17(4,15)16)7(3)13-14(10)9(5)11/h1-4H3. The molecule has 2 rings (SSSR count). The molecule has 7 heteroatoms. The summed E-state index contributed by atoms with van der Waals surface area (Å²) in [7, 11) is -3.37. The quantitative estimate of drug-likeness (QED) is 0.742. The Morgan fingerprint density at radius 1 is 1.18 bits per heavy atom. The summed E-state index contributed by atoms with van der Waals surface area (Å²) < 4.78 is 24.8.